The lowest BCUT2D eigenvalue weighted by atomic mass is 10.2. The third kappa shape index (κ3) is 4.47. The lowest BCUT2D eigenvalue weighted by Gasteiger charge is -2.36. The van der Waals surface area contributed by atoms with Crippen LogP contribution in [0.2, 0.25) is 0 Å². The molecule has 1 aliphatic heterocycles. The van der Waals surface area contributed by atoms with Crippen molar-refractivity contribution in [1.82, 2.24) is 24.6 Å². The zero-order valence-corrected chi connectivity index (χ0v) is 18.5. The normalized spacial score (nSPS) is 14.1. The van der Waals surface area contributed by atoms with Gasteiger partial charge in [-0.15, -0.1) is 0 Å². The summed E-state index contributed by atoms with van der Waals surface area (Å²) in [4.78, 5) is 36.6. The van der Waals surface area contributed by atoms with Crippen LogP contribution in [0.15, 0.2) is 70.7 Å². The molecule has 2 aromatic heterocycles. The van der Waals surface area contributed by atoms with Crippen LogP contribution in [-0.2, 0) is 4.79 Å². The molecular weight excluding hydrogens is 443 g/mol. The summed E-state index contributed by atoms with van der Waals surface area (Å²) in [7, 11) is 0. The molecule has 1 N–H and O–H groups in total. The van der Waals surface area contributed by atoms with E-state index in [1.165, 1.54) is 34.8 Å². The second kappa shape index (κ2) is 9.07. The Hall–Kier alpha value is -3.66. The lowest BCUT2D eigenvalue weighted by molar-refractivity contribution is -0.128. The van der Waals surface area contributed by atoms with Crippen molar-refractivity contribution in [3.8, 4) is 5.69 Å². The van der Waals surface area contributed by atoms with Gasteiger partial charge >= 0.3 is 0 Å². The fourth-order valence-electron chi connectivity index (χ4n) is 3.81. The minimum atomic E-state index is -0.361. The van der Waals surface area contributed by atoms with Gasteiger partial charge in [-0.05, 0) is 36.4 Å². The number of carbonyl (C=O) groups excluding carboxylic acids is 1. The van der Waals surface area contributed by atoms with Gasteiger partial charge in [0.15, 0.2) is 10.8 Å². The van der Waals surface area contributed by atoms with Crippen molar-refractivity contribution in [3.63, 3.8) is 0 Å². The average molecular weight is 465 g/mol. The molecule has 0 unspecified atom stereocenters. The predicted octanol–water partition coefficient (Wildman–Crippen LogP) is 2.69. The molecule has 0 atom stereocenters. The number of nitrogens with one attached hydrogen (secondary N) is 1. The van der Waals surface area contributed by atoms with Gasteiger partial charge in [0.2, 0.25) is 5.91 Å². The van der Waals surface area contributed by atoms with Gasteiger partial charge in [0, 0.05) is 31.9 Å². The molecular formula is C23H21FN6O2S. The number of fused-ring (bicyclic) bond motifs is 1. The van der Waals surface area contributed by atoms with E-state index in [0.29, 0.717) is 35.0 Å². The molecule has 0 aliphatic carbocycles. The van der Waals surface area contributed by atoms with E-state index < -0.39 is 0 Å². The third-order valence-electron chi connectivity index (χ3n) is 5.57. The molecule has 0 bridgehead atoms. The van der Waals surface area contributed by atoms with Crippen molar-refractivity contribution in [1.29, 1.82) is 0 Å². The zero-order valence-electron chi connectivity index (χ0n) is 17.6. The minimum Gasteiger partial charge on any atom is -0.368 e. The lowest BCUT2D eigenvalue weighted by Crippen LogP contribution is -2.49. The van der Waals surface area contributed by atoms with Crippen molar-refractivity contribution < 1.29 is 9.18 Å². The summed E-state index contributed by atoms with van der Waals surface area (Å²) < 4.78 is 14.8. The predicted molar refractivity (Wildman–Crippen MR) is 125 cm³/mol. The second-order valence-corrected chi connectivity index (χ2v) is 8.60. The Kier molecular flexibility index (Phi) is 5.82. The van der Waals surface area contributed by atoms with Crippen molar-refractivity contribution in [3.05, 3.63) is 77.0 Å². The van der Waals surface area contributed by atoms with E-state index in [1.807, 2.05) is 23.1 Å². The maximum absolute atomic E-state index is 13.3. The zero-order chi connectivity index (χ0) is 22.8. The summed E-state index contributed by atoms with van der Waals surface area (Å²) in [5.41, 5.74) is 1.77. The second-order valence-electron chi connectivity index (χ2n) is 7.63. The van der Waals surface area contributed by atoms with Crippen LogP contribution in [0, 0.1) is 5.82 Å². The first-order valence-corrected chi connectivity index (χ1v) is 11.5. The Morgan fingerprint density at radius 3 is 2.45 bits per heavy atom. The van der Waals surface area contributed by atoms with E-state index in [2.05, 4.69) is 32.1 Å². The Labute approximate surface area is 193 Å². The van der Waals surface area contributed by atoms with Crippen molar-refractivity contribution in [2.45, 2.75) is 5.16 Å². The molecule has 8 nitrogen and oxygen atoms in total. The van der Waals surface area contributed by atoms with Crippen LogP contribution in [0.25, 0.3) is 16.7 Å². The van der Waals surface area contributed by atoms with Gasteiger partial charge in [0.05, 0.1) is 17.6 Å². The number of amides is 1. The van der Waals surface area contributed by atoms with E-state index in [1.54, 1.807) is 12.1 Å². The van der Waals surface area contributed by atoms with Crippen LogP contribution in [0.3, 0.4) is 0 Å². The molecule has 2 aromatic carbocycles. The van der Waals surface area contributed by atoms with Crippen LogP contribution in [0.4, 0.5) is 10.1 Å². The molecule has 4 aromatic rings. The number of hydrogen-bond acceptors (Lipinski definition) is 6. The highest BCUT2D eigenvalue weighted by atomic mass is 32.2. The molecule has 1 saturated heterocycles. The highest BCUT2D eigenvalue weighted by Gasteiger charge is 2.22. The molecule has 3 heterocycles. The summed E-state index contributed by atoms with van der Waals surface area (Å²) in [6.45, 7) is 2.85. The van der Waals surface area contributed by atoms with E-state index in [9.17, 15) is 14.0 Å². The number of aromatic nitrogens is 4. The standard InChI is InChI=1S/C23H21FN6O2S/c24-16-6-8-18(9-7-16)30-21-19(14-25-30)22(32)27-23(26-21)33-15-20(31)29-12-10-28(11-13-29)17-4-2-1-3-5-17/h1-9,14H,10-13,15H2,(H,26,27,32). The number of hydrogen-bond donors (Lipinski definition) is 1. The molecule has 1 fully saturated rings. The number of halogens is 1. The maximum atomic E-state index is 13.3. The van der Waals surface area contributed by atoms with E-state index in [-0.39, 0.29) is 23.0 Å². The van der Waals surface area contributed by atoms with Crippen molar-refractivity contribution in [2.24, 2.45) is 0 Å². The Morgan fingerprint density at radius 2 is 1.73 bits per heavy atom. The van der Waals surface area contributed by atoms with Crippen LogP contribution < -0.4 is 10.5 Å². The molecule has 1 aliphatic rings. The number of thioether (sulfide) groups is 1. The molecule has 10 heteroatoms. The fraction of sp³-hybridized carbons (Fsp3) is 0.217. The number of anilines is 1. The van der Waals surface area contributed by atoms with Crippen molar-refractivity contribution >= 4 is 34.4 Å². The summed E-state index contributed by atoms with van der Waals surface area (Å²) in [6.07, 6.45) is 1.43. The van der Waals surface area contributed by atoms with E-state index >= 15 is 0 Å². The number of carbonyl (C=O) groups is 1. The van der Waals surface area contributed by atoms with Gasteiger partial charge in [-0.25, -0.2) is 14.1 Å². The van der Waals surface area contributed by atoms with Gasteiger partial charge < -0.3 is 14.8 Å². The Bertz CT molecular complexity index is 1330. The van der Waals surface area contributed by atoms with Gasteiger partial charge in [0.25, 0.3) is 5.56 Å². The molecule has 0 saturated carbocycles. The summed E-state index contributed by atoms with van der Waals surface area (Å²) >= 11 is 1.19. The van der Waals surface area contributed by atoms with Crippen LogP contribution >= 0.6 is 11.8 Å². The summed E-state index contributed by atoms with van der Waals surface area (Å²) in [5.74, 6) is -0.187. The van der Waals surface area contributed by atoms with E-state index in [4.69, 9.17) is 0 Å². The highest BCUT2D eigenvalue weighted by molar-refractivity contribution is 7.99. The fourth-order valence-corrected chi connectivity index (χ4v) is 4.57. The van der Waals surface area contributed by atoms with Crippen LogP contribution in [0.5, 0.6) is 0 Å². The monoisotopic (exact) mass is 464 g/mol. The SMILES string of the molecule is O=C(CSc1nc2c(cnn2-c2ccc(F)cc2)c(=O)[nH]1)N1CCN(c2ccccc2)CC1. The Morgan fingerprint density at radius 1 is 1.00 bits per heavy atom. The van der Waals surface area contributed by atoms with Gasteiger partial charge in [-0.1, -0.05) is 30.0 Å². The first-order chi connectivity index (χ1) is 16.1. The molecule has 0 spiro atoms. The number of nitrogens with zero attached hydrogens (tertiary/aromatic N) is 5. The Balaban J connectivity index is 1.26. The third-order valence-corrected chi connectivity index (χ3v) is 6.43. The average Bonchev–Trinajstić information content (AvgIpc) is 3.28. The summed E-state index contributed by atoms with van der Waals surface area (Å²) in [5, 5.41) is 4.89. The number of aromatic amines is 1. The summed E-state index contributed by atoms with van der Waals surface area (Å²) in [6, 6.07) is 15.9. The number of H-pyrrole nitrogens is 1. The molecule has 0 radical (unpaired) electrons. The van der Waals surface area contributed by atoms with Gasteiger partial charge in [0.1, 0.15) is 11.2 Å². The minimum absolute atomic E-state index is 0.00231. The van der Waals surface area contributed by atoms with Crippen molar-refractivity contribution in [2.75, 3.05) is 36.8 Å². The molecule has 33 heavy (non-hydrogen) atoms. The number of para-hydroxylation sites is 1. The number of benzene rings is 2. The van der Waals surface area contributed by atoms with Gasteiger partial charge in [-0.3, -0.25) is 9.59 Å². The first kappa shape index (κ1) is 21.2. The van der Waals surface area contributed by atoms with Crippen LogP contribution in [-0.4, -0.2) is 62.5 Å². The largest absolute Gasteiger partial charge is 0.368 e. The first-order valence-electron chi connectivity index (χ1n) is 10.5. The van der Waals surface area contributed by atoms with Crippen LogP contribution in [0.1, 0.15) is 0 Å². The number of piperazine rings is 1. The van der Waals surface area contributed by atoms with E-state index in [0.717, 1.165) is 18.8 Å². The topological polar surface area (TPSA) is 87.1 Å². The molecule has 5 rings (SSSR count). The molecule has 1 amide bonds. The maximum Gasteiger partial charge on any atom is 0.262 e. The highest BCUT2D eigenvalue weighted by Crippen LogP contribution is 2.20. The quantitative estimate of drug-likeness (QED) is 0.361. The smallest absolute Gasteiger partial charge is 0.262 e. The number of rotatable bonds is 5. The van der Waals surface area contributed by atoms with Gasteiger partial charge in [-0.2, -0.15) is 5.10 Å². The molecule has 168 valence electrons.